The largest absolute Gasteiger partial charge is 0.460 e. The highest BCUT2D eigenvalue weighted by Crippen LogP contribution is 2.30. The molecular weight excluding hydrogens is 315 g/mol. The van der Waals surface area contributed by atoms with E-state index in [1.165, 1.54) is 6.42 Å². The average molecular weight is 332 g/mol. The van der Waals surface area contributed by atoms with Crippen molar-refractivity contribution in [2.24, 2.45) is 11.8 Å². The Labute approximate surface area is 110 Å². The number of nitrogens with zero attached hydrogens (tertiary/aromatic N) is 2. The predicted molar refractivity (Wildman–Crippen MR) is 71.3 cm³/mol. The van der Waals surface area contributed by atoms with Crippen LogP contribution in [0.5, 0.6) is 6.01 Å². The molecule has 1 aromatic rings. The minimum absolute atomic E-state index is 0.291. The van der Waals surface area contributed by atoms with Crippen molar-refractivity contribution in [1.29, 1.82) is 0 Å². The van der Waals surface area contributed by atoms with E-state index in [2.05, 4.69) is 46.4 Å². The Bertz CT molecular complexity index is 331. The number of rotatable bonds is 2. The van der Waals surface area contributed by atoms with Gasteiger partial charge in [0.25, 0.3) is 0 Å². The van der Waals surface area contributed by atoms with Crippen LogP contribution in [-0.2, 0) is 0 Å². The van der Waals surface area contributed by atoms with Crippen molar-refractivity contribution in [2.45, 2.75) is 39.2 Å². The molecule has 1 aromatic heterocycles. The van der Waals surface area contributed by atoms with E-state index in [0.29, 0.717) is 12.1 Å². The first-order valence-corrected chi connectivity index (χ1v) is 6.85. The maximum Gasteiger partial charge on any atom is 0.316 e. The molecule has 0 aromatic carbocycles. The predicted octanol–water partition coefficient (Wildman–Crippen LogP) is 3.28. The van der Waals surface area contributed by atoms with E-state index in [0.717, 1.165) is 28.2 Å². The molecule has 4 heteroatoms. The van der Waals surface area contributed by atoms with E-state index >= 15 is 0 Å². The van der Waals surface area contributed by atoms with Crippen LogP contribution < -0.4 is 4.74 Å². The summed E-state index contributed by atoms with van der Waals surface area (Å²) in [4.78, 5) is 8.36. The van der Waals surface area contributed by atoms with Crippen molar-refractivity contribution < 1.29 is 4.74 Å². The van der Waals surface area contributed by atoms with Gasteiger partial charge in [-0.1, -0.05) is 13.8 Å². The zero-order valence-electron chi connectivity index (χ0n) is 9.69. The lowest BCUT2D eigenvalue weighted by Gasteiger charge is -2.30. The minimum atomic E-state index is 0.291. The molecule has 0 radical (unpaired) electrons. The third-order valence-electron chi connectivity index (χ3n) is 3.00. The Morgan fingerprint density at radius 2 is 1.69 bits per heavy atom. The molecular formula is C12H17IN2O. The van der Waals surface area contributed by atoms with Crippen LogP contribution >= 0.6 is 22.6 Å². The first kappa shape index (κ1) is 12.1. The Kier molecular flexibility index (Phi) is 4.00. The minimum Gasteiger partial charge on any atom is -0.460 e. The van der Waals surface area contributed by atoms with Crippen molar-refractivity contribution in [1.82, 2.24) is 9.97 Å². The number of aromatic nitrogens is 2. The topological polar surface area (TPSA) is 35.0 Å². The van der Waals surface area contributed by atoms with E-state index in [4.69, 9.17) is 4.74 Å². The zero-order valence-corrected chi connectivity index (χ0v) is 11.8. The molecule has 1 aliphatic carbocycles. The van der Waals surface area contributed by atoms with Gasteiger partial charge in [-0.05, 0) is 53.7 Å². The number of ether oxygens (including phenoxy) is 1. The molecule has 0 N–H and O–H groups in total. The third-order valence-corrected chi connectivity index (χ3v) is 3.56. The molecule has 16 heavy (non-hydrogen) atoms. The molecule has 88 valence electrons. The second-order valence-electron chi connectivity index (χ2n) is 4.84. The van der Waals surface area contributed by atoms with Crippen molar-refractivity contribution in [3.05, 3.63) is 16.0 Å². The van der Waals surface area contributed by atoms with Gasteiger partial charge >= 0.3 is 6.01 Å². The van der Waals surface area contributed by atoms with Gasteiger partial charge < -0.3 is 4.74 Å². The van der Waals surface area contributed by atoms with Crippen molar-refractivity contribution in [2.75, 3.05) is 0 Å². The SMILES string of the molecule is CC1CC(C)CC(Oc2ncc(I)cn2)C1. The van der Waals surface area contributed by atoms with Crippen molar-refractivity contribution in [3.8, 4) is 6.01 Å². The van der Waals surface area contributed by atoms with Crippen LogP contribution in [0, 0.1) is 15.4 Å². The van der Waals surface area contributed by atoms with E-state index < -0.39 is 0 Å². The molecule has 0 bridgehead atoms. The van der Waals surface area contributed by atoms with Crippen molar-refractivity contribution in [3.63, 3.8) is 0 Å². The van der Waals surface area contributed by atoms with Crippen molar-refractivity contribution >= 4 is 22.6 Å². The molecule has 2 rings (SSSR count). The molecule has 2 unspecified atom stereocenters. The highest BCUT2D eigenvalue weighted by molar-refractivity contribution is 14.1. The highest BCUT2D eigenvalue weighted by Gasteiger charge is 2.25. The van der Waals surface area contributed by atoms with Crippen LogP contribution in [0.4, 0.5) is 0 Å². The lowest BCUT2D eigenvalue weighted by molar-refractivity contribution is 0.0919. The lowest BCUT2D eigenvalue weighted by atomic mass is 9.82. The summed E-state index contributed by atoms with van der Waals surface area (Å²) in [6.07, 6.45) is 7.43. The number of hydrogen-bond acceptors (Lipinski definition) is 3. The summed E-state index contributed by atoms with van der Waals surface area (Å²) in [7, 11) is 0. The van der Waals surface area contributed by atoms with E-state index in [1.807, 2.05) is 0 Å². The monoisotopic (exact) mass is 332 g/mol. The van der Waals surface area contributed by atoms with Crippen LogP contribution in [0.15, 0.2) is 12.4 Å². The van der Waals surface area contributed by atoms with Gasteiger partial charge in [-0.3, -0.25) is 0 Å². The van der Waals surface area contributed by atoms with Gasteiger partial charge in [0, 0.05) is 16.0 Å². The van der Waals surface area contributed by atoms with Gasteiger partial charge in [0.2, 0.25) is 0 Å². The van der Waals surface area contributed by atoms with Crippen LogP contribution in [0.1, 0.15) is 33.1 Å². The van der Waals surface area contributed by atoms with E-state index in [-0.39, 0.29) is 0 Å². The smallest absolute Gasteiger partial charge is 0.316 e. The summed E-state index contributed by atoms with van der Waals surface area (Å²) in [6, 6.07) is 0.520. The second-order valence-corrected chi connectivity index (χ2v) is 6.09. The quantitative estimate of drug-likeness (QED) is 0.780. The third kappa shape index (κ3) is 3.30. The van der Waals surface area contributed by atoms with E-state index in [9.17, 15) is 0 Å². The molecule has 1 aliphatic rings. The van der Waals surface area contributed by atoms with Gasteiger partial charge in [-0.2, -0.15) is 0 Å². The van der Waals surface area contributed by atoms with Gasteiger partial charge in [0.1, 0.15) is 6.10 Å². The molecule has 1 heterocycles. The number of halogens is 1. The van der Waals surface area contributed by atoms with Gasteiger partial charge in [-0.15, -0.1) is 0 Å². The Morgan fingerprint density at radius 3 is 2.25 bits per heavy atom. The fourth-order valence-corrected chi connectivity index (χ4v) is 2.76. The first-order valence-electron chi connectivity index (χ1n) is 5.77. The van der Waals surface area contributed by atoms with Gasteiger partial charge in [0.05, 0.1) is 0 Å². The summed E-state index contributed by atoms with van der Waals surface area (Å²) in [5, 5.41) is 0. The fourth-order valence-electron chi connectivity index (χ4n) is 2.48. The zero-order chi connectivity index (χ0) is 11.5. The Hall–Kier alpha value is -0.390. The van der Waals surface area contributed by atoms with Crippen LogP contribution in [0.25, 0.3) is 0 Å². The average Bonchev–Trinajstić information content (AvgIpc) is 2.20. The Balaban J connectivity index is 1.96. The summed E-state index contributed by atoms with van der Waals surface area (Å²) in [6.45, 7) is 4.58. The summed E-state index contributed by atoms with van der Waals surface area (Å²) in [5.41, 5.74) is 0. The molecule has 0 amide bonds. The molecule has 3 nitrogen and oxygen atoms in total. The van der Waals surface area contributed by atoms with E-state index in [1.54, 1.807) is 12.4 Å². The summed E-state index contributed by atoms with van der Waals surface area (Å²) in [5.74, 6) is 1.50. The Morgan fingerprint density at radius 1 is 1.12 bits per heavy atom. The molecule has 1 fully saturated rings. The van der Waals surface area contributed by atoms with Crippen LogP contribution in [0.2, 0.25) is 0 Å². The van der Waals surface area contributed by atoms with Crippen LogP contribution in [0.3, 0.4) is 0 Å². The highest BCUT2D eigenvalue weighted by atomic mass is 127. The molecule has 0 saturated heterocycles. The number of hydrogen-bond donors (Lipinski definition) is 0. The maximum atomic E-state index is 5.83. The molecule has 2 atom stereocenters. The normalized spacial score (nSPS) is 30.1. The molecule has 0 aliphatic heterocycles. The first-order chi connectivity index (χ1) is 7.63. The van der Waals surface area contributed by atoms with Gasteiger partial charge in [-0.25, -0.2) is 9.97 Å². The lowest BCUT2D eigenvalue weighted by Crippen LogP contribution is -2.29. The van der Waals surface area contributed by atoms with Crippen LogP contribution in [-0.4, -0.2) is 16.1 Å². The standard InChI is InChI=1S/C12H17IN2O/c1-8-3-9(2)5-11(4-8)16-12-14-6-10(13)7-15-12/h6-9,11H,3-5H2,1-2H3. The maximum absolute atomic E-state index is 5.83. The fraction of sp³-hybridized carbons (Fsp3) is 0.667. The van der Waals surface area contributed by atoms with Gasteiger partial charge in [0.15, 0.2) is 0 Å². The summed E-state index contributed by atoms with van der Waals surface area (Å²) < 4.78 is 6.86. The molecule has 0 spiro atoms. The summed E-state index contributed by atoms with van der Waals surface area (Å²) >= 11 is 2.19. The second kappa shape index (κ2) is 5.29. The molecule has 1 saturated carbocycles.